The summed E-state index contributed by atoms with van der Waals surface area (Å²) in [6.45, 7) is 1.28. The van der Waals surface area contributed by atoms with Gasteiger partial charge in [0, 0.05) is 6.42 Å². The van der Waals surface area contributed by atoms with Crippen molar-refractivity contribution < 1.29 is 49.1 Å². The first-order valence-corrected chi connectivity index (χ1v) is 16.8. The number of aliphatic hydroxyl groups excluding tert-OH is 1. The molecule has 0 bridgehead atoms. The number of unbranched alkanes of at least 4 members (excludes halogenated alkanes) is 20. The van der Waals surface area contributed by atoms with Gasteiger partial charge in [-0.15, -0.1) is 0 Å². The third kappa shape index (κ3) is 26.0. The fraction of sp³-hybridized carbons (Fsp3) is 0.879. The normalized spacial score (nSPS) is 13.3. The Hall–Kier alpha value is -2.20. The predicted octanol–water partition coefficient (Wildman–Crippen LogP) is 6.72. The largest absolute Gasteiger partial charge is 0.481 e. The summed E-state index contributed by atoms with van der Waals surface area (Å²) < 4.78 is 9.65. The monoisotopic (exact) mass is 616 g/mol. The van der Waals surface area contributed by atoms with Crippen molar-refractivity contribution in [2.75, 3.05) is 13.2 Å². The van der Waals surface area contributed by atoms with Crippen molar-refractivity contribution in [3.63, 3.8) is 0 Å². The van der Waals surface area contributed by atoms with E-state index in [9.17, 15) is 29.4 Å². The fourth-order valence-electron chi connectivity index (χ4n) is 4.95. The molecule has 0 radical (unpaired) electrons. The highest BCUT2D eigenvalue weighted by atomic mass is 16.6. The standard InChI is InChI=1S/C33H60O10/c1-2-3-4-5-6-7-8-9-10-11-12-13-14-15-16-17-18-19-20-21-22-23-30(37)42-26-28(34)27-43-31(38)25-33(41,32(39)40)24-29(35)36/h28,34,41H,2-27H2,1H3,(H,35,36)(H,39,40). The topological polar surface area (TPSA) is 168 Å². The summed E-state index contributed by atoms with van der Waals surface area (Å²) in [6, 6.07) is 0. The summed E-state index contributed by atoms with van der Waals surface area (Å²) in [5.74, 6) is -5.14. The Labute approximate surface area is 258 Å². The Kier molecular flexibility index (Phi) is 26.0. The highest BCUT2D eigenvalue weighted by Crippen LogP contribution is 2.18. The lowest BCUT2D eigenvalue weighted by molar-refractivity contribution is -0.173. The third-order valence-electron chi connectivity index (χ3n) is 7.64. The second-order valence-corrected chi connectivity index (χ2v) is 11.9. The van der Waals surface area contributed by atoms with Gasteiger partial charge in [0.05, 0.1) is 12.8 Å². The van der Waals surface area contributed by atoms with Crippen LogP contribution < -0.4 is 0 Å². The Bertz CT molecular complexity index is 741. The summed E-state index contributed by atoms with van der Waals surface area (Å²) in [5, 5.41) is 37.3. The van der Waals surface area contributed by atoms with Crippen molar-refractivity contribution >= 4 is 23.9 Å². The average Bonchev–Trinajstić information content (AvgIpc) is 2.95. The van der Waals surface area contributed by atoms with E-state index in [1.54, 1.807) is 0 Å². The highest BCUT2D eigenvalue weighted by molar-refractivity contribution is 5.88. The molecular formula is C33H60O10. The smallest absolute Gasteiger partial charge is 0.336 e. The van der Waals surface area contributed by atoms with Crippen LogP contribution in [0.5, 0.6) is 0 Å². The van der Waals surface area contributed by atoms with E-state index in [-0.39, 0.29) is 6.42 Å². The molecule has 0 saturated carbocycles. The Morgan fingerprint density at radius 3 is 1.26 bits per heavy atom. The lowest BCUT2D eigenvalue weighted by Crippen LogP contribution is -2.43. The lowest BCUT2D eigenvalue weighted by Gasteiger charge is -2.20. The van der Waals surface area contributed by atoms with Crippen LogP contribution in [0.2, 0.25) is 0 Å². The molecule has 0 rings (SSSR count). The molecule has 252 valence electrons. The molecular weight excluding hydrogens is 556 g/mol. The molecule has 0 amide bonds. The van der Waals surface area contributed by atoms with Gasteiger partial charge in [-0.2, -0.15) is 0 Å². The maximum Gasteiger partial charge on any atom is 0.336 e. The summed E-state index contributed by atoms with van der Waals surface area (Å²) in [6.07, 6.45) is 23.6. The molecule has 0 aromatic heterocycles. The van der Waals surface area contributed by atoms with E-state index in [0.29, 0.717) is 6.42 Å². The van der Waals surface area contributed by atoms with Crippen molar-refractivity contribution in [2.24, 2.45) is 0 Å². The van der Waals surface area contributed by atoms with Crippen LogP contribution in [-0.4, -0.2) is 69.2 Å². The van der Waals surface area contributed by atoms with Crippen molar-refractivity contribution in [1.82, 2.24) is 0 Å². The summed E-state index contributed by atoms with van der Waals surface area (Å²) in [5.41, 5.74) is -2.81. The number of carboxylic acid groups (broad SMARTS) is 2. The number of aliphatic hydroxyl groups is 2. The van der Waals surface area contributed by atoms with E-state index in [4.69, 9.17) is 14.9 Å². The number of carbonyl (C=O) groups is 4. The van der Waals surface area contributed by atoms with Gasteiger partial charge in [-0.3, -0.25) is 14.4 Å². The zero-order valence-corrected chi connectivity index (χ0v) is 26.7. The van der Waals surface area contributed by atoms with E-state index in [1.165, 1.54) is 109 Å². The molecule has 10 heteroatoms. The molecule has 4 N–H and O–H groups in total. The van der Waals surface area contributed by atoms with E-state index < -0.39 is 61.6 Å². The Balaban J connectivity index is 3.54. The zero-order chi connectivity index (χ0) is 32.2. The maximum absolute atomic E-state index is 11.9. The van der Waals surface area contributed by atoms with Gasteiger partial charge in [0.15, 0.2) is 5.60 Å². The van der Waals surface area contributed by atoms with Crippen molar-refractivity contribution in [1.29, 1.82) is 0 Å². The first-order valence-electron chi connectivity index (χ1n) is 16.8. The van der Waals surface area contributed by atoms with E-state index in [1.807, 2.05) is 0 Å². The van der Waals surface area contributed by atoms with Gasteiger partial charge in [0.2, 0.25) is 0 Å². The summed E-state index contributed by atoms with van der Waals surface area (Å²) in [4.78, 5) is 45.4. The van der Waals surface area contributed by atoms with Crippen LogP contribution in [0, 0.1) is 0 Å². The van der Waals surface area contributed by atoms with Gasteiger partial charge in [-0.1, -0.05) is 135 Å². The van der Waals surface area contributed by atoms with Crippen LogP contribution in [0.15, 0.2) is 0 Å². The second kappa shape index (κ2) is 27.4. The quantitative estimate of drug-likeness (QED) is 0.0485. The minimum Gasteiger partial charge on any atom is -0.481 e. The van der Waals surface area contributed by atoms with Crippen LogP contribution in [0.1, 0.15) is 161 Å². The number of carboxylic acids is 2. The number of hydrogen-bond donors (Lipinski definition) is 4. The van der Waals surface area contributed by atoms with Crippen LogP contribution in [-0.2, 0) is 28.7 Å². The van der Waals surface area contributed by atoms with E-state index in [2.05, 4.69) is 11.7 Å². The van der Waals surface area contributed by atoms with Gasteiger partial charge in [-0.05, 0) is 6.42 Å². The molecule has 0 aliphatic rings. The highest BCUT2D eigenvalue weighted by Gasteiger charge is 2.41. The molecule has 0 aliphatic heterocycles. The molecule has 0 spiro atoms. The lowest BCUT2D eigenvalue weighted by atomic mass is 9.96. The average molecular weight is 617 g/mol. The SMILES string of the molecule is CCCCCCCCCCCCCCCCCCCCCCCC(=O)OCC(O)COC(=O)CC(O)(CC(=O)O)C(=O)O. The number of carbonyl (C=O) groups excluding carboxylic acids is 2. The summed E-state index contributed by atoms with van der Waals surface area (Å²) >= 11 is 0. The third-order valence-corrected chi connectivity index (χ3v) is 7.64. The molecule has 2 unspecified atom stereocenters. The zero-order valence-electron chi connectivity index (χ0n) is 26.7. The van der Waals surface area contributed by atoms with Gasteiger partial charge >= 0.3 is 23.9 Å². The number of hydrogen-bond acceptors (Lipinski definition) is 8. The van der Waals surface area contributed by atoms with Crippen LogP contribution in [0.3, 0.4) is 0 Å². The number of aliphatic carboxylic acids is 2. The van der Waals surface area contributed by atoms with Crippen LogP contribution in [0.4, 0.5) is 0 Å². The van der Waals surface area contributed by atoms with Crippen LogP contribution in [0.25, 0.3) is 0 Å². The minimum atomic E-state index is -2.81. The minimum absolute atomic E-state index is 0.229. The summed E-state index contributed by atoms with van der Waals surface area (Å²) in [7, 11) is 0. The van der Waals surface area contributed by atoms with Crippen molar-refractivity contribution in [3.8, 4) is 0 Å². The molecule has 0 aliphatic carbocycles. The maximum atomic E-state index is 11.9. The number of ether oxygens (including phenoxy) is 2. The molecule has 0 fully saturated rings. The predicted molar refractivity (Wildman–Crippen MR) is 165 cm³/mol. The Morgan fingerprint density at radius 1 is 0.558 bits per heavy atom. The van der Waals surface area contributed by atoms with Gasteiger partial charge < -0.3 is 29.9 Å². The van der Waals surface area contributed by atoms with E-state index in [0.717, 1.165) is 19.3 Å². The number of esters is 2. The van der Waals surface area contributed by atoms with E-state index >= 15 is 0 Å². The van der Waals surface area contributed by atoms with Crippen molar-refractivity contribution in [3.05, 3.63) is 0 Å². The Morgan fingerprint density at radius 2 is 0.907 bits per heavy atom. The number of rotatable bonds is 31. The fourth-order valence-corrected chi connectivity index (χ4v) is 4.95. The first kappa shape index (κ1) is 40.8. The molecule has 0 saturated heterocycles. The molecule has 0 aromatic rings. The first-order chi connectivity index (χ1) is 20.6. The molecule has 43 heavy (non-hydrogen) atoms. The molecule has 0 heterocycles. The van der Waals surface area contributed by atoms with Gasteiger partial charge in [0.25, 0.3) is 0 Å². The molecule has 2 atom stereocenters. The second-order valence-electron chi connectivity index (χ2n) is 11.9. The van der Waals surface area contributed by atoms with Crippen LogP contribution >= 0.6 is 0 Å². The molecule has 0 aromatic carbocycles. The van der Waals surface area contributed by atoms with Crippen molar-refractivity contribution in [2.45, 2.75) is 173 Å². The van der Waals surface area contributed by atoms with Gasteiger partial charge in [0.1, 0.15) is 19.3 Å². The van der Waals surface area contributed by atoms with Gasteiger partial charge in [-0.25, -0.2) is 4.79 Å². The molecule has 10 nitrogen and oxygen atoms in total.